The lowest BCUT2D eigenvalue weighted by molar-refractivity contribution is -0.164. The summed E-state index contributed by atoms with van der Waals surface area (Å²) in [5.41, 5.74) is 0.384. The maximum Gasteiger partial charge on any atom is 0.312 e. The van der Waals surface area contributed by atoms with Crippen LogP contribution in [-0.4, -0.2) is 74.2 Å². The van der Waals surface area contributed by atoms with Crippen LogP contribution in [0.25, 0.3) is 0 Å². The molecule has 3 amide bonds. The van der Waals surface area contributed by atoms with Gasteiger partial charge in [0.25, 0.3) is 11.8 Å². The fraction of sp³-hybridized carbons (Fsp3) is 0.481. The van der Waals surface area contributed by atoms with Crippen molar-refractivity contribution in [3.8, 4) is 5.75 Å². The molecule has 12 nitrogen and oxygen atoms in total. The summed E-state index contributed by atoms with van der Waals surface area (Å²) in [6.45, 7) is 6.69. The number of aromatic hydroxyl groups is 1. The first kappa shape index (κ1) is 29.5. The van der Waals surface area contributed by atoms with E-state index in [9.17, 15) is 29.4 Å². The van der Waals surface area contributed by atoms with Crippen LogP contribution in [-0.2, 0) is 25.5 Å². The highest BCUT2D eigenvalue weighted by Gasteiger charge is 2.39. The molecule has 210 valence electrons. The third kappa shape index (κ3) is 7.73. The fourth-order valence-electron chi connectivity index (χ4n) is 4.27. The molecule has 1 aliphatic heterocycles. The molecule has 0 radical (unpaired) electrons. The Morgan fingerprint density at radius 1 is 1.10 bits per heavy atom. The minimum Gasteiger partial charge on any atom is -0.505 e. The van der Waals surface area contributed by atoms with Gasteiger partial charge in [0.05, 0.1) is 24.1 Å². The highest BCUT2D eigenvalue weighted by Crippen LogP contribution is 2.19. The van der Waals surface area contributed by atoms with Gasteiger partial charge in [-0.15, -0.1) is 0 Å². The fourth-order valence-corrected chi connectivity index (χ4v) is 4.27. The number of aliphatic hydroxyl groups excluding tert-OH is 1. The van der Waals surface area contributed by atoms with Gasteiger partial charge in [0, 0.05) is 18.6 Å². The Bertz CT molecular complexity index is 1180. The summed E-state index contributed by atoms with van der Waals surface area (Å²) >= 11 is 0. The number of esters is 1. The van der Waals surface area contributed by atoms with Crippen LogP contribution in [0.2, 0.25) is 0 Å². The summed E-state index contributed by atoms with van der Waals surface area (Å²) in [5, 5.41) is 29.2. The molecule has 1 saturated heterocycles. The number of cyclic esters (lactones) is 1. The van der Waals surface area contributed by atoms with Crippen molar-refractivity contribution in [2.45, 2.75) is 70.9 Å². The Labute approximate surface area is 226 Å². The van der Waals surface area contributed by atoms with Crippen LogP contribution < -0.4 is 16.0 Å². The molecule has 1 unspecified atom stereocenters. The molecular weight excluding hydrogens is 506 g/mol. The molecule has 0 spiro atoms. The number of aromatic nitrogens is 2. The smallest absolute Gasteiger partial charge is 0.312 e. The van der Waals surface area contributed by atoms with Gasteiger partial charge >= 0.3 is 5.97 Å². The van der Waals surface area contributed by atoms with Crippen LogP contribution in [0, 0.1) is 11.8 Å². The molecule has 1 aliphatic rings. The van der Waals surface area contributed by atoms with Gasteiger partial charge in [0.1, 0.15) is 11.8 Å². The van der Waals surface area contributed by atoms with Crippen molar-refractivity contribution in [1.82, 2.24) is 25.9 Å². The van der Waals surface area contributed by atoms with Gasteiger partial charge in [0.15, 0.2) is 11.8 Å². The Morgan fingerprint density at radius 3 is 2.46 bits per heavy atom. The minimum atomic E-state index is -1.39. The van der Waals surface area contributed by atoms with Crippen molar-refractivity contribution in [3.05, 3.63) is 54.1 Å². The first-order valence-electron chi connectivity index (χ1n) is 12.8. The monoisotopic (exact) mass is 541 g/mol. The second-order valence-corrected chi connectivity index (χ2v) is 10.1. The molecule has 3 heterocycles. The van der Waals surface area contributed by atoms with E-state index in [0.29, 0.717) is 5.56 Å². The van der Waals surface area contributed by atoms with Crippen molar-refractivity contribution in [2.24, 2.45) is 11.8 Å². The van der Waals surface area contributed by atoms with E-state index in [1.807, 2.05) is 13.8 Å². The third-order valence-electron chi connectivity index (χ3n) is 6.48. The lowest BCUT2D eigenvalue weighted by Gasteiger charge is -2.33. The number of amides is 3. The second kappa shape index (κ2) is 13.1. The van der Waals surface area contributed by atoms with E-state index in [-0.39, 0.29) is 30.2 Å². The first-order chi connectivity index (χ1) is 18.5. The molecule has 2 aromatic heterocycles. The molecule has 0 saturated carbocycles. The molecule has 0 bridgehead atoms. The van der Waals surface area contributed by atoms with Crippen molar-refractivity contribution in [3.63, 3.8) is 0 Å². The Morgan fingerprint density at radius 2 is 1.82 bits per heavy atom. The molecule has 3 rings (SSSR count). The number of rotatable bonds is 6. The van der Waals surface area contributed by atoms with Crippen LogP contribution in [0.4, 0.5) is 0 Å². The van der Waals surface area contributed by atoms with Gasteiger partial charge in [-0.25, -0.2) is 4.98 Å². The highest BCUT2D eigenvalue weighted by molar-refractivity contribution is 5.98. The van der Waals surface area contributed by atoms with Crippen molar-refractivity contribution in [1.29, 1.82) is 0 Å². The Balaban J connectivity index is 1.99. The molecule has 0 aromatic carbocycles. The van der Waals surface area contributed by atoms with Crippen LogP contribution in [0.1, 0.15) is 50.2 Å². The maximum absolute atomic E-state index is 13.6. The number of hydrogen-bond donors (Lipinski definition) is 5. The summed E-state index contributed by atoms with van der Waals surface area (Å²) in [7, 11) is 0. The van der Waals surface area contributed by atoms with Crippen LogP contribution in [0.5, 0.6) is 5.75 Å². The lowest BCUT2D eigenvalue weighted by atomic mass is 9.92. The quantitative estimate of drug-likeness (QED) is 0.325. The molecule has 5 N–H and O–H groups in total. The SMILES string of the molecule is CC(C)CC1OC(=O)[C@H](C)[C@H](O)[C@H](Cc2cccnc2)NC(=O)[C@@H](NC(=O)c2ncccc2O)[C@@H](C)NC1=O. The van der Waals surface area contributed by atoms with Crippen molar-refractivity contribution < 1.29 is 34.1 Å². The average Bonchev–Trinajstić information content (AvgIpc) is 2.89. The van der Waals surface area contributed by atoms with Gasteiger partial charge in [-0.2, -0.15) is 0 Å². The molecule has 2 aromatic rings. The summed E-state index contributed by atoms with van der Waals surface area (Å²) in [6.07, 6.45) is 2.22. The normalized spacial score (nSPS) is 26.5. The van der Waals surface area contributed by atoms with Gasteiger partial charge in [-0.3, -0.25) is 24.2 Å². The number of ether oxygens (including phenoxy) is 1. The maximum atomic E-state index is 13.6. The number of hydrogen-bond acceptors (Lipinski definition) is 9. The molecule has 6 atom stereocenters. The predicted octanol–water partition coefficient (Wildman–Crippen LogP) is 0.481. The molecular formula is C27H35N5O7. The van der Waals surface area contributed by atoms with E-state index in [2.05, 4.69) is 25.9 Å². The number of pyridine rings is 2. The average molecular weight is 542 g/mol. The van der Waals surface area contributed by atoms with Crippen LogP contribution in [0.3, 0.4) is 0 Å². The van der Waals surface area contributed by atoms with Gasteiger partial charge < -0.3 is 30.9 Å². The predicted molar refractivity (Wildman–Crippen MR) is 139 cm³/mol. The molecule has 12 heteroatoms. The summed E-state index contributed by atoms with van der Waals surface area (Å²) in [4.78, 5) is 60.6. The van der Waals surface area contributed by atoms with E-state index in [0.717, 1.165) is 0 Å². The Hall–Kier alpha value is -4.06. The summed E-state index contributed by atoms with van der Waals surface area (Å²) in [5.74, 6) is -4.48. The zero-order chi connectivity index (χ0) is 28.7. The largest absolute Gasteiger partial charge is 0.505 e. The summed E-state index contributed by atoms with van der Waals surface area (Å²) < 4.78 is 5.54. The topological polar surface area (TPSA) is 180 Å². The van der Waals surface area contributed by atoms with Crippen LogP contribution in [0.15, 0.2) is 42.9 Å². The lowest BCUT2D eigenvalue weighted by Crippen LogP contribution is -2.62. The highest BCUT2D eigenvalue weighted by atomic mass is 16.5. The first-order valence-corrected chi connectivity index (χ1v) is 12.8. The van der Waals surface area contributed by atoms with Gasteiger partial charge in [-0.1, -0.05) is 19.9 Å². The van der Waals surface area contributed by atoms with E-state index in [1.165, 1.54) is 32.2 Å². The number of carbonyl (C=O) groups is 4. The molecule has 0 aliphatic carbocycles. The zero-order valence-electron chi connectivity index (χ0n) is 22.3. The van der Waals surface area contributed by atoms with E-state index >= 15 is 0 Å². The number of aliphatic hydroxyl groups is 1. The third-order valence-corrected chi connectivity index (χ3v) is 6.48. The zero-order valence-corrected chi connectivity index (χ0v) is 22.3. The van der Waals surface area contributed by atoms with Gasteiger partial charge in [0.2, 0.25) is 5.91 Å². The number of carbonyl (C=O) groups excluding carboxylic acids is 4. The molecule has 39 heavy (non-hydrogen) atoms. The standard InChI is InChI=1S/C27H35N5O7/c1-14(2)11-20-24(35)30-16(4)21(32-26(37)22-19(33)8-6-10-29-22)25(36)31-18(12-17-7-5-9-28-13-17)23(34)15(3)27(38)39-20/h5-10,13-16,18,20-21,23,33-34H,11-12H2,1-4H3,(H,30,35)(H,31,36)(H,32,37)/t15-,16-,18+,20?,21+,23+/m1/s1. The van der Waals surface area contributed by atoms with Crippen molar-refractivity contribution in [2.75, 3.05) is 0 Å². The minimum absolute atomic E-state index is 0.0127. The summed E-state index contributed by atoms with van der Waals surface area (Å²) in [6, 6.07) is 2.89. The van der Waals surface area contributed by atoms with Crippen molar-refractivity contribution >= 4 is 23.7 Å². The van der Waals surface area contributed by atoms with Gasteiger partial charge in [-0.05, 0) is 56.4 Å². The number of nitrogens with one attached hydrogen (secondary N) is 3. The second-order valence-electron chi connectivity index (χ2n) is 10.1. The number of nitrogens with zero attached hydrogens (tertiary/aromatic N) is 2. The van der Waals surface area contributed by atoms with E-state index in [1.54, 1.807) is 24.5 Å². The van der Waals surface area contributed by atoms with Crippen LogP contribution >= 0.6 is 0 Å². The van der Waals surface area contributed by atoms with E-state index < -0.39 is 59.9 Å². The van der Waals surface area contributed by atoms with E-state index in [4.69, 9.17) is 4.74 Å². The molecule has 1 fully saturated rings. The Kier molecular flexibility index (Phi) is 9.94.